The molecule has 0 aliphatic carbocycles. The Hall–Kier alpha value is -2.40. The van der Waals surface area contributed by atoms with Crippen LogP contribution in [0.3, 0.4) is 0 Å². The Kier molecular flexibility index (Phi) is 4.32. The first-order valence-electron chi connectivity index (χ1n) is 6.41. The van der Waals surface area contributed by atoms with Crippen LogP contribution in [-0.2, 0) is 6.54 Å². The highest BCUT2D eigenvalue weighted by atomic mass is 16.1. The molecule has 0 radical (unpaired) electrons. The summed E-state index contributed by atoms with van der Waals surface area (Å²) in [4.78, 5) is 15.1. The fraction of sp³-hybridized carbons (Fsp3) is 0.200. The number of benzene rings is 1. The van der Waals surface area contributed by atoms with Gasteiger partial charge in [0.1, 0.15) is 5.82 Å². The van der Waals surface area contributed by atoms with Gasteiger partial charge >= 0.3 is 0 Å². The zero-order valence-electron chi connectivity index (χ0n) is 11.3. The summed E-state index contributed by atoms with van der Waals surface area (Å²) in [6.45, 7) is 2.58. The number of carbonyl (C=O) groups is 1. The zero-order chi connectivity index (χ0) is 14.5. The van der Waals surface area contributed by atoms with E-state index in [2.05, 4.69) is 10.3 Å². The zero-order valence-corrected chi connectivity index (χ0v) is 11.3. The first kappa shape index (κ1) is 14.0. The molecule has 1 amide bonds. The van der Waals surface area contributed by atoms with Crippen LogP contribution in [0.2, 0.25) is 0 Å². The molecule has 20 heavy (non-hydrogen) atoms. The molecule has 5 nitrogen and oxygen atoms in total. The van der Waals surface area contributed by atoms with E-state index >= 15 is 0 Å². The SMILES string of the molecule is CC(Nc1ccc(C(N)=O)cn1)c1ccc(CN)cc1. The van der Waals surface area contributed by atoms with Gasteiger partial charge in [-0.15, -0.1) is 0 Å². The van der Waals surface area contributed by atoms with Crippen molar-refractivity contribution in [2.75, 3.05) is 5.32 Å². The van der Waals surface area contributed by atoms with E-state index in [1.807, 2.05) is 31.2 Å². The maximum absolute atomic E-state index is 11.0. The Bertz CT molecular complexity index is 578. The van der Waals surface area contributed by atoms with Crippen LogP contribution >= 0.6 is 0 Å². The number of carbonyl (C=O) groups excluding carboxylic acids is 1. The number of primary amides is 1. The van der Waals surface area contributed by atoms with Gasteiger partial charge in [-0.2, -0.15) is 0 Å². The van der Waals surface area contributed by atoms with Crippen LogP contribution < -0.4 is 16.8 Å². The van der Waals surface area contributed by atoms with Gasteiger partial charge in [0.15, 0.2) is 0 Å². The molecule has 1 atom stereocenters. The Balaban J connectivity index is 2.06. The number of hydrogen-bond donors (Lipinski definition) is 3. The van der Waals surface area contributed by atoms with Crippen LogP contribution in [-0.4, -0.2) is 10.9 Å². The predicted octanol–water partition coefficient (Wildman–Crippen LogP) is 1.81. The number of aromatic nitrogens is 1. The molecule has 1 aromatic carbocycles. The van der Waals surface area contributed by atoms with Gasteiger partial charge in [-0.3, -0.25) is 4.79 Å². The summed E-state index contributed by atoms with van der Waals surface area (Å²) < 4.78 is 0. The van der Waals surface area contributed by atoms with Crippen LogP contribution in [0.15, 0.2) is 42.6 Å². The highest BCUT2D eigenvalue weighted by Gasteiger charge is 2.07. The second-order valence-corrected chi connectivity index (χ2v) is 4.61. The van der Waals surface area contributed by atoms with Gasteiger partial charge in [-0.25, -0.2) is 4.98 Å². The average molecular weight is 270 g/mol. The van der Waals surface area contributed by atoms with Crippen LogP contribution in [0, 0.1) is 0 Å². The van der Waals surface area contributed by atoms with Crippen LogP contribution in [0.5, 0.6) is 0 Å². The molecule has 0 aliphatic heterocycles. The summed E-state index contributed by atoms with van der Waals surface area (Å²) in [5, 5.41) is 3.27. The lowest BCUT2D eigenvalue weighted by atomic mass is 10.1. The molecular weight excluding hydrogens is 252 g/mol. The van der Waals surface area contributed by atoms with E-state index < -0.39 is 5.91 Å². The third-order valence-electron chi connectivity index (χ3n) is 3.13. The van der Waals surface area contributed by atoms with Gasteiger partial charge in [-0.1, -0.05) is 24.3 Å². The average Bonchev–Trinajstić information content (AvgIpc) is 2.48. The van der Waals surface area contributed by atoms with E-state index in [-0.39, 0.29) is 6.04 Å². The molecule has 1 aromatic heterocycles. The molecule has 0 fully saturated rings. The minimum absolute atomic E-state index is 0.105. The fourth-order valence-corrected chi connectivity index (χ4v) is 1.87. The number of rotatable bonds is 5. The van der Waals surface area contributed by atoms with E-state index in [0.717, 1.165) is 11.1 Å². The second kappa shape index (κ2) is 6.16. The van der Waals surface area contributed by atoms with Crippen molar-refractivity contribution in [1.29, 1.82) is 0 Å². The molecule has 2 aromatic rings. The summed E-state index contributed by atoms with van der Waals surface area (Å²) in [5.41, 5.74) is 13.4. The van der Waals surface area contributed by atoms with Crippen molar-refractivity contribution >= 4 is 11.7 Å². The molecular formula is C15H18N4O. The van der Waals surface area contributed by atoms with E-state index in [0.29, 0.717) is 17.9 Å². The monoisotopic (exact) mass is 270 g/mol. The Morgan fingerprint density at radius 1 is 1.25 bits per heavy atom. The molecule has 5 N–H and O–H groups in total. The maximum Gasteiger partial charge on any atom is 0.250 e. The maximum atomic E-state index is 11.0. The van der Waals surface area contributed by atoms with E-state index in [9.17, 15) is 4.79 Å². The van der Waals surface area contributed by atoms with Crippen molar-refractivity contribution in [1.82, 2.24) is 4.98 Å². The fourth-order valence-electron chi connectivity index (χ4n) is 1.87. The van der Waals surface area contributed by atoms with Crippen molar-refractivity contribution < 1.29 is 4.79 Å². The molecule has 0 saturated heterocycles. The topological polar surface area (TPSA) is 94.0 Å². The Morgan fingerprint density at radius 3 is 2.45 bits per heavy atom. The minimum Gasteiger partial charge on any atom is -0.366 e. The molecule has 0 aliphatic rings. The van der Waals surface area contributed by atoms with Gasteiger partial charge in [-0.05, 0) is 30.2 Å². The summed E-state index contributed by atoms with van der Waals surface area (Å²) in [7, 11) is 0. The first-order chi connectivity index (χ1) is 9.60. The summed E-state index contributed by atoms with van der Waals surface area (Å²) >= 11 is 0. The van der Waals surface area contributed by atoms with Crippen LogP contribution in [0.25, 0.3) is 0 Å². The third-order valence-corrected chi connectivity index (χ3v) is 3.13. The number of anilines is 1. The van der Waals surface area contributed by atoms with Gasteiger partial charge in [0.05, 0.1) is 5.56 Å². The Labute approximate surface area is 118 Å². The van der Waals surface area contributed by atoms with Crippen molar-refractivity contribution in [2.24, 2.45) is 11.5 Å². The van der Waals surface area contributed by atoms with Crippen molar-refractivity contribution in [2.45, 2.75) is 19.5 Å². The van der Waals surface area contributed by atoms with Crippen molar-refractivity contribution in [3.05, 3.63) is 59.3 Å². The molecule has 104 valence electrons. The lowest BCUT2D eigenvalue weighted by molar-refractivity contribution is 0.1000. The number of amides is 1. The quantitative estimate of drug-likeness (QED) is 0.772. The van der Waals surface area contributed by atoms with Gasteiger partial charge < -0.3 is 16.8 Å². The number of hydrogen-bond acceptors (Lipinski definition) is 4. The minimum atomic E-state index is -0.477. The Morgan fingerprint density at radius 2 is 1.95 bits per heavy atom. The third kappa shape index (κ3) is 3.33. The second-order valence-electron chi connectivity index (χ2n) is 4.61. The predicted molar refractivity (Wildman–Crippen MR) is 79.1 cm³/mol. The highest BCUT2D eigenvalue weighted by molar-refractivity contribution is 5.92. The van der Waals surface area contributed by atoms with E-state index in [1.165, 1.54) is 6.20 Å². The van der Waals surface area contributed by atoms with Gasteiger partial charge in [0.25, 0.3) is 0 Å². The molecule has 1 heterocycles. The standard InChI is InChI=1S/C15H18N4O/c1-10(12-4-2-11(8-16)3-5-12)19-14-7-6-13(9-18-14)15(17)20/h2-7,9-10H,8,16H2,1H3,(H2,17,20)(H,18,19). The lowest BCUT2D eigenvalue weighted by Gasteiger charge is -2.15. The van der Waals surface area contributed by atoms with E-state index in [4.69, 9.17) is 11.5 Å². The summed E-state index contributed by atoms with van der Waals surface area (Å²) in [6, 6.07) is 11.6. The number of nitrogens with one attached hydrogen (secondary N) is 1. The number of nitrogens with zero attached hydrogens (tertiary/aromatic N) is 1. The molecule has 1 unspecified atom stereocenters. The van der Waals surface area contributed by atoms with Crippen LogP contribution in [0.1, 0.15) is 34.5 Å². The van der Waals surface area contributed by atoms with Gasteiger partial charge in [0, 0.05) is 18.8 Å². The number of nitrogens with two attached hydrogens (primary N) is 2. The smallest absolute Gasteiger partial charge is 0.250 e. The molecule has 2 rings (SSSR count). The number of pyridine rings is 1. The van der Waals surface area contributed by atoms with Crippen molar-refractivity contribution in [3.63, 3.8) is 0 Å². The molecule has 0 saturated carbocycles. The summed E-state index contributed by atoms with van der Waals surface area (Å²) in [6.07, 6.45) is 1.47. The molecule has 5 heteroatoms. The van der Waals surface area contributed by atoms with Crippen LogP contribution in [0.4, 0.5) is 5.82 Å². The van der Waals surface area contributed by atoms with Crippen molar-refractivity contribution in [3.8, 4) is 0 Å². The first-order valence-corrected chi connectivity index (χ1v) is 6.41. The molecule has 0 spiro atoms. The van der Waals surface area contributed by atoms with Gasteiger partial charge in [0.2, 0.25) is 5.91 Å². The van der Waals surface area contributed by atoms with E-state index in [1.54, 1.807) is 12.1 Å². The lowest BCUT2D eigenvalue weighted by Crippen LogP contribution is -2.12. The molecule has 0 bridgehead atoms. The normalized spacial score (nSPS) is 11.9. The largest absolute Gasteiger partial charge is 0.366 e. The highest BCUT2D eigenvalue weighted by Crippen LogP contribution is 2.18. The summed E-state index contributed by atoms with van der Waals surface area (Å²) in [5.74, 6) is 0.222.